The Morgan fingerprint density at radius 2 is 1.65 bits per heavy atom. The average Bonchev–Trinajstić information content (AvgIpc) is 2.75. The zero-order valence-corrected chi connectivity index (χ0v) is 19.0. The summed E-state index contributed by atoms with van der Waals surface area (Å²) in [6.45, 7) is 4.68. The van der Waals surface area contributed by atoms with Crippen LogP contribution in [0.1, 0.15) is 32.9 Å². The fourth-order valence-electron chi connectivity index (χ4n) is 3.50. The number of carbonyl (C=O) groups is 2. The lowest BCUT2D eigenvalue weighted by Crippen LogP contribution is -2.38. The highest BCUT2D eigenvalue weighted by molar-refractivity contribution is 5.98. The summed E-state index contributed by atoms with van der Waals surface area (Å²) in [6.07, 6.45) is -4.67. The molecule has 0 radical (unpaired) electrons. The van der Waals surface area contributed by atoms with Crippen molar-refractivity contribution in [2.24, 2.45) is 0 Å². The lowest BCUT2D eigenvalue weighted by atomic mass is 10.1. The van der Waals surface area contributed by atoms with Crippen LogP contribution >= 0.6 is 0 Å². The first kappa shape index (κ1) is 24.7. The molecule has 2 aromatic carbocycles. The highest BCUT2D eigenvalue weighted by Crippen LogP contribution is 2.33. The first-order chi connectivity index (χ1) is 15.9. The smallest absolute Gasteiger partial charge is 0.331 e. The number of para-hydroxylation sites is 2. The van der Waals surface area contributed by atoms with Gasteiger partial charge in [-0.25, -0.2) is 4.68 Å². The zero-order chi connectivity index (χ0) is 25.2. The van der Waals surface area contributed by atoms with Crippen LogP contribution < -0.4 is 10.7 Å². The third-order valence-electron chi connectivity index (χ3n) is 5.22. The van der Waals surface area contributed by atoms with Gasteiger partial charge in [0.15, 0.2) is 5.69 Å². The van der Waals surface area contributed by atoms with Crippen LogP contribution in [0.3, 0.4) is 0 Å². The highest BCUT2D eigenvalue weighted by Gasteiger charge is 2.34. The van der Waals surface area contributed by atoms with Crippen LogP contribution in [0.15, 0.2) is 53.3 Å². The lowest BCUT2D eigenvalue weighted by molar-refractivity contribution is -0.137. The van der Waals surface area contributed by atoms with E-state index in [1.54, 1.807) is 0 Å². The van der Waals surface area contributed by atoms with Gasteiger partial charge in [-0.2, -0.15) is 18.3 Å². The number of halogens is 3. The van der Waals surface area contributed by atoms with Crippen LogP contribution in [0.4, 0.5) is 18.9 Å². The van der Waals surface area contributed by atoms with E-state index in [0.717, 1.165) is 32.8 Å². The van der Waals surface area contributed by atoms with Crippen molar-refractivity contribution in [3.63, 3.8) is 0 Å². The summed E-state index contributed by atoms with van der Waals surface area (Å²) >= 11 is 0. The van der Waals surface area contributed by atoms with E-state index in [2.05, 4.69) is 10.4 Å². The monoisotopic (exact) mass is 472 g/mol. The van der Waals surface area contributed by atoms with E-state index in [-0.39, 0.29) is 17.9 Å². The molecule has 1 aromatic heterocycles. The molecule has 3 rings (SSSR count). The van der Waals surface area contributed by atoms with Crippen LogP contribution in [0.2, 0.25) is 0 Å². The molecule has 3 aromatic rings. The number of rotatable bonds is 5. The van der Waals surface area contributed by atoms with Crippen LogP contribution in [-0.4, -0.2) is 40.1 Å². The molecule has 7 nitrogen and oxygen atoms in total. The van der Waals surface area contributed by atoms with Gasteiger partial charge in [-0.1, -0.05) is 30.3 Å². The minimum Gasteiger partial charge on any atom is -0.331 e. The molecule has 0 saturated heterocycles. The Morgan fingerprint density at radius 3 is 2.26 bits per heavy atom. The number of carbonyl (C=O) groups excluding carboxylic acids is 2. The van der Waals surface area contributed by atoms with Gasteiger partial charge in [0.05, 0.1) is 17.8 Å². The van der Waals surface area contributed by atoms with E-state index in [4.69, 9.17) is 0 Å². The van der Waals surface area contributed by atoms with Crippen molar-refractivity contribution in [1.82, 2.24) is 14.7 Å². The van der Waals surface area contributed by atoms with Crippen molar-refractivity contribution in [3.05, 3.63) is 86.8 Å². The molecule has 0 aliphatic carbocycles. The summed E-state index contributed by atoms with van der Waals surface area (Å²) in [6, 6.07) is 11.3. The van der Waals surface area contributed by atoms with Gasteiger partial charge in [-0.05, 0) is 44.0 Å². The number of benzene rings is 2. The number of nitrogens with one attached hydrogen (secondary N) is 1. The first-order valence-corrected chi connectivity index (χ1v) is 10.3. The summed E-state index contributed by atoms with van der Waals surface area (Å²) in [4.78, 5) is 38.9. The maximum atomic E-state index is 13.5. The van der Waals surface area contributed by atoms with Crippen molar-refractivity contribution in [2.45, 2.75) is 26.9 Å². The Hall–Kier alpha value is -3.95. The van der Waals surface area contributed by atoms with Gasteiger partial charge >= 0.3 is 6.18 Å². The number of aryl methyl sites for hydroxylation is 3. The SMILES string of the molecule is Cc1cccc(C)c1NC(=O)CN(C)C(=O)c1nn(-c2ccccc2C(F)(F)F)c(C)cc1=O. The lowest BCUT2D eigenvalue weighted by Gasteiger charge is -2.19. The molecule has 0 aliphatic heterocycles. The molecule has 34 heavy (non-hydrogen) atoms. The summed E-state index contributed by atoms with van der Waals surface area (Å²) in [5.74, 6) is -1.39. The second-order valence-corrected chi connectivity index (χ2v) is 7.90. The molecule has 10 heteroatoms. The molecule has 1 N–H and O–H groups in total. The Bertz CT molecular complexity index is 1300. The molecule has 178 valence electrons. The summed E-state index contributed by atoms with van der Waals surface area (Å²) in [7, 11) is 1.31. The minimum atomic E-state index is -4.67. The number of aromatic nitrogens is 2. The van der Waals surface area contributed by atoms with Gasteiger partial charge in [0.2, 0.25) is 11.3 Å². The molecule has 0 aliphatic rings. The third-order valence-corrected chi connectivity index (χ3v) is 5.22. The van der Waals surface area contributed by atoms with Crippen LogP contribution in [0.25, 0.3) is 5.69 Å². The summed E-state index contributed by atoms with van der Waals surface area (Å²) in [5, 5.41) is 6.68. The number of anilines is 1. The maximum Gasteiger partial charge on any atom is 0.418 e. The Balaban J connectivity index is 1.90. The van der Waals surface area contributed by atoms with Gasteiger partial charge in [0.25, 0.3) is 5.91 Å². The first-order valence-electron chi connectivity index (χ1n) is 10.3. The minimum absolute atomic E-state index is 0.119. The number of hydrogen-bond donors (Lipinski definition) is 1. The Morgan fingerprint density at radius 1 is 1.03 bits per heavy atom. The molecule has 2 amide bonds. The van der Waals surface area contributed by atoms with Crippen molar-refractivity contribution in [1.29, 1.82) is 0 Å². The van der Waals surface area contributed by atoms with E-state index in [1.807, 2.05) is 32.0 Å². The predicted octanol–water partition coefficient (Wildman–Crippen LogP) is 3.89. The molecular formula is C24H23F3N4O3. The van der Waals surface area contributed by atoms with Gasteiger partial charge in [-0.3, -0.25) is 14.4 Å². The summed E-state index contributed by atoms with van der Waals surface area (Å²) in [5.41, 5.74) is -0.217. The fraction of sp³-hybridized carbons (Fsp3) is 0.250. The van der Waals surface area contributed by atoms with E-state index in [0.29, 0.717) is 5.69 Å². The maximum absolute atomic E-state index is 13.5. The van der Waals surface area contributed by atoms with Gasteiger partial charge in [0, 0.05) is 24.5 Å². The predicted molar refractivity (Wildman–Crippen MR) is 121 cm³/mol. The molecule has 0 unspecified atom stereocenters. The molecule has 0 saturated carbocycles. The molecular weight excluding hydrogens is 449 g/mol. The van der Waals surface area contributed by atoms with E-state index < -0.39 is 34.7 Å². The van der Waals surface area contributed by atoms with E-state index in [9.17, 15) is 27.6 Å². The molecule has 0 fully saturated rings. The number of hydrogen-bond acceptors (Lipinski definition) is 4. The second-order valence-electron chi connectivity index (χ2n) is 7.90. The van der Waals surface area contributed by atoms with Gasteiger partial charge in [0.1, 0.15) is 0 Å². The van der Waals surface area contributed by atoms with Crippen molar-refractivity contribution >= 4 is 17.5 Å². The van der Waals surface area contributed by atoms with Gasteiger partial charge in [-0.15, -0.1) is 0 Å². The topological polar surface area (TPSA) is 84.3 Å². The largest absolute Gasteiger partial charge is 0.418 e. The number of alkyl halides is 3. The highest BCUT2D eigenvalue weighted by atomic mass is 19.4. The zero-order valence-electron chi connectivity index (χ0n) is 19.0. The quantitative estimate of drug-likeness (QED) is 0.611. The van der Waals surface area contributed by atoms with Crippen LogP contribution in [0.5, 0.6) is 0 Å². The van der Waals surface area contributed by atoms with Crippen LogP contribution in [0, 0.1) is 20.8 Å². The number of nitrogens with zero attached hydrogens (tertiary/aromatic N) is 3. The average molecular weight is 472 g/mol. The normalized spacial score (nSPS) is 11.3. The van der Waals surface area contributed by atoms with Crippen molar-refractivity contribution < 1.29 is 22.8 Å². The fourth-order valence-corrected chi connectivity index (χ4v) is 3.50. The third kappa shape index (κ3) is 5.16. The number of likely N-dealkylation sites (N-methyl/N-ethyl adjacent to an activating group) is 1. The van der Waals surface area contributed by atoms with E-state index >= 15 is 0 Å². The van der Waals surface area contributed by atoms with E-state index in [1.165, 1.54) is 32.2 Å². The number of amides is 2. The van der Waals surface area contributed by atoms with Crippen molar-refractivity contribution in [2.75, 3.05) is 18.9 Å². The second kappa shape index (κ2) is 9.50. The molecule has 0 bridgehead atoms. The summed E-state index contributed by atoms with van der Waals surface area (Å²) < 4.78 is 41.4. The van der Waals surface area contributed by atoms with Gasteiger partial charge < -0.3 is 10.2 Å². The molecule has 0 atom stereocenters. The van der Waals surface area contributed by atoms with Crippen molar-refractivity contribution in [3.8, 4) is 5.69 Å². The van der Waals surface area contributed by atoms with Crippen LogP contribution in [-0.2, 0) is 11.0 Å². The molecule has 0 spiro atoms. The molecule has 1 heterocycles. The standard InChI is InChI=1S/C24H23F3N4O3/c1-14-8-7-9-15(2)21(14)28-20(33)13-30(4)23(34)22-19(32)12-16(3)31(29-22)18-11-6-5-10-17(18)24(25,26)27/h5-12H,13H2,1-4H3,(H,28,33). The Labute approximate surface area is 193 Å². The Kier molecular flexibility index (Phi) is 6.90.